The number of nitrogen functional groups attached to an aromatic ring is 1. The number of nitrogens with two attached hydrogens (primary N) is 1. The molecule has 0 amide bonds. The second-order valence-electron chi connectivity index (χ2n) is 6.91. The second kappa shape index (κ2) is 7.03. The molecule has 1 aliphatic rings. The Morgan fingerprint density at radius 3 is 2.65 bits per heavy atom. The summed E-state index contributed by atoms with van der Waals surface area (Å²) >= 11 is 5.89. The minimum atomic E-state index is -4.05. The summed E-state index contributed by atoms with van der Waals surface area (Å²) < 4.78 is 39.0. The summed E-state index contributed by atoms with van der Waals surface area (Å²) in [6.45, 7) is 0.268. The quantitative estimate of drug-likeness (QED) is 0.480. The molecule has 158 valence electrons. The number of nitrogens with one attached hydrogen (secondary N) is 1. The third-order valence-corrected chi connectivity index (χ3v) is 7.15. The number of ether oxygens (including phenoxy) is 2. The van der Waals surface area contributed by atoms with Crippen LogP contribution in [0.25, 0.3) is 10.9 Å². The van der Waals surface area contributed by atoms with Gasteiger partial charge in [0.05, 0.1) is 11.1 Å². The number of aromatic nitrogens is 3. The van der Waals surface area contributed by atoms with Gasteiger partial charge in [0, 0.05) is 17.0 Å². The topological polar surface area (TPSA) is 129 Å². The maximum atomic E-state index is 13.4. The molecule has 4 aromatic rings. The molecule has 0 spiro atoms. The summed E-state index contributed by atoms with van der Waals surface area (Å²) in [7, 11) is -4.05. The van der Waals surface area contributed by atoms with E-state index in [0.29, 0.717) is 16.5 Å². The van der Waals surface area contributed by atoms with Crippen molar-refractivity contribution >= 4 is 38.2 Å². The number of benzene rings is 2. The molecule has 0 unspecified atom stereocenters. The lowest BCUT2D eigenvalue weighted by atomic mass is 10.2. The summed E-state index contributed by atoms with van der Waals surface area (Å²) in [6.07, 6.45) is 1.28. The molecule has 0 atom stereocenters. The number of fused-ring (bicyclic) bond motifs is 2. The van der Waals surface area contributed by atoms with Gasteiger partial charge in [0.1, 0.15) is 16.2 Å². The first-order valence-corrected chi connectivity index (χ1v) is 11.0. The Morgan fingerprint density at radius 2 is 1.87 bits per heavy atom. The van der Waals surface area contributed by atoms with Crippen molar-refractivity contribution in [2.75, 3.05) is 12.5 Å². The van der Waals surface area contributed by atoms with E-state index in [1.54, 1.807) is 18.2 Å². The van der Waals surface area contributed by atoms with Crippen LogP contribution in [0.15, 0.2) is 63.2 Å². The van der Waals surface area contributed by atoms with E-state index >= 15 is 0 Å². The van der Waals surface area contributed by atoms with Crippen LogP contribution in [0.5, 0.6) is 11.5 Å². The third-order valence-electron chi connectivity index (χ3n) is 5.04. The molecule has 5 rings (SSSR count). The molecule has 11 heteroatoms. The van der Waals surface area contributed by atoms with Crippen LogP contribution in [0.3, 0.4) is 0 Å². The number of rotatable bonds is 4. The van der Waals surface area contributed by atoms with Gasteiger partial charge < -0.3 is 19.8 Å². The number of halogens is 1. The highest BCUT2D eigenvalue weighted by Crippen LogP contribution is 2.36. The van der Waals surface area contributed by atoms with Gasteiger partial charge in [0.25, 0.3) is 5.56 Å². The van der Waals surface area contributed by atoms with Crippen LogP contribution in [0.1, 0.15) is 5.56 Å². The van der Waals surface area contributed by atoms with E-state index in [0.717, 1.165) is 5.56 Å². The van der Waals surface area contributed by atoms with Gasteiger partial charge in [0.15, 0.2) is 11.5 Å². The molecule has 2 aromatic carbocycles. The van der Waals surface area contributed by atoms with Crippen molar-refractivity contribution in [1.29, 1.82) is 0 Å². The Morgan fingerprint density at radius 1 is 1.13 bits per heavy atom. The predicted molar refractivity (Wildman–Crippen MR) is 113 cm³/mol. The van der Waals surface area contributed by atoms with Crippen LogP contribution < -0.4 is 20.8 Å². The van der Waals surface area contributed by atoms with Crippen molar-refractivity contribution in [2.45, 2.75) is 16.3 Å². The summed E-state index contributed by atoms with van der Waals surface area (Å²) in [6, 6.07) is 11.0. The third kappa shape index (κ3) is 3.11. The second-order valence-corrected chi connectivity index (χ2v) is 9.23. The fraction of sp³-hybridized carbons (Fsp3) is 0.100. The summed E-state index contributed by atoms with van der Waals surface area (Å²) in [5.74, 6) is 1.11. The van der Waals surface area contributed by atoms with E-state index in [-0.39, 0.29) is 39.8 Å². The Balaban J connectivity index is 1.71. The van der Waals surface area contributed by atoms with E-state index in [9.17, 15) is 13.2 Å². The molecule has 3 heterocycles. The molecule has 0 aliphatic carbocycles. The molecule has 9 nitrogen and oxygen atoms in total. The average Bonchev–Trinajstić information content (AvgIpc) is 3.31. The maximum Gasteiger partial charge on any atom is 0.288 e. The van der Waals surface area contributed by atoms with Crippen molar-refractivity contribution in [1.82, 2.24) is 14.8 Å². The van der Waals surface area contributed by atoms with Crippen LogP contribution in [0.4, 0.5) is 5.82 Å². The highest BCUT2D eigenvalue weighted by molar-refractivity contribution is 7.92. The number of sulfone groups is 1. The van der Waals surface area contributed by atoms with E-state index in [2.05, 4.69) is 10.2 Å². The Hall–Kier alpha value is -3.50. The number of anilines is 1. The van der Waals surface area contributed by atoms with Gasteiger partial charge in [-0.15, -0.1) is 0 Å². The van der Waals surface area contributed by atoms with Gasteiger partial charge in [-0.05, 0) is 42.0 Å². The first-order chi connectivity index (χ1) is 14.9. The number of hydrogen-bond donors (Lipinski definition) is 2. The molecular formula is C20H15ClN4O5S. The summed E-state index contributed by atoms with van der Waals surface area (Å²) in [5.41, 5.74) is 6.63. The number of nitrogens with zero attached hydrogens (tertiary/aromatic N) is 2. The van der Waals surface area contributed by atoms with Crippen molar-refractivity contribution in [3.8, 4) is 11.5 Å². The number of hydrogen-bond acceptors (Lipinski definition) is 7. The molecule has 0 saturated heterocycles. The van der Waals surface area contributed by atoms with Crippen LogP contribution in [-0.4, -0.2) is 30.0 Å². The fourth-order valence-electron chi connectivity index (χ4n) is 3.61. The smallest absolute Gasteiger partial charge is 0.288 e. The highest BCUT2D eigenvalue weighted by atomic mass is 35.5. The molecule has 1 aliphatic heterocycles. The van der Waals surface area contributed by atoms with Crippen molar-refractivity contribution in [3.63, 3.8) is 0 Å². The summed E-state index contributed by atoms with van der Waals surface area (Å²) in [5, 5.41) is 6.65. The van der Waals surface area contributed by atoms with Gasteiger partial charge in [-0.2, -0.15) is 5.10 Å². The van der Waals surface area contributed by atoms with Gasteiger partial charge in [-0.3, -0.25) is 4.79 Å². The number of aromatic amines is 1. The molecule has 3 N–H and O–H groups in total. The van der Waals surface area contributed by atoms with E-state index in [1.807, 2.05) is 0 Å². The molecule has 31 heavy (non-hydrogen) atoms. The van der Waals surface area contributed by atoms with Crippen LogP contribution in [0.2, 0.25) is 5.02 Å². The largest absolute Gasteiger partial charge is 0.454 e. The van der Waals surface area contributed by atoms with E-state index in [1.165, 1.54) is 35.0 Å². The SMILES string of the molecule is Nc1c(S(=O)(=O)c2ccc(Cl)cc2)c2cn[nH]c(=O)c2n1Cc1ccc2c(c1)OCO2. The zero-order valence-corrected chi connectivity index (χ0v) is 17.4. The highest BCUT2D eigenvalue weighted by Gasteiger charge is 2.29. The maximum absolute atomic E-state index is 13.4. The van der Waals surface area contributed by atoms with Gasteiger partial charge in [0.2, 0.25) is 16.6 Å². The monoisotopic (exact) mass is 458 g/mol. The Kier molecular flexibility index (Phi) is 4.42. The molecule has 0 bridgehead atoms. The first kappa shape index (κ1) is 19.5. The zero-order chi connectivity index (χ0) is 21.8. The van der Waals surface area contributed by atoms with Crippen molar-refractivity contribution < 1.29 is 17.9 Å². The minimum absolute atomic E-state index is 0.00557. The first-order valence-electron chi connectivity index (χ1n) is 9.11. The lowest BCUT2D eigenvalue weighted by Gasteiger charge is -2.09. The standard InChI is InChI=1S/C20H15ClN4O5S/c21-12-2-4-13(5-3-12)31(27,28)18-14-8-23-24-20(26)17(14)25(19(18)22)9-11-1-6-15-16(7-11)30-10-29-15/h1-8H,9-10,22H2,(H,24,26). The molecule has 0 radical (unpaired) electrons. The molecule has 0 saturated carbocycles. The zero-order valence-electron chi connectivity index (χ0n) is 15.8. The van der Waals surface area contributed by atoms with Crippen molar-refractivity contribution in [2.24, 2.45) is 0 Å². The van der Waals surface area contributed by atoms with Gasteiger partial charge in [-0.1, -0.05) is 17.7 Å². The molecule has 2 aromatic heterocycles. The lowest BCUT2D eigenvalue weighted by Crippen LogP contribution is -2.14. The normalized spacial score (nSPS) is 13.1. The van der Waals surface area contributed by atoms with E-state index < -0.39 is 15.4 Å². The number of H-pyrrole nitrogens is 1. The average molecular weight is 459 g/mol. The van der Waals surface area contributed by atoms with Crippen molar-refractivity contribution in [3.05, 3.63) is 69.6 Å². The molecular weight excluding hydrogens is 444 g/mol. The van der Waals surface area contributed by atoms with Gasteiger partial charge in [-0.25, -0.2) is 13.5 Å². The summed E-state index contributed by atoms with van der Waals surface area (Å²) in [4.78, 5) is 12.4. The Labute approximate surface area is 180 Å². The fourth-order valence-corrected chi connectivity index (χ4v) is 5.29. The van der Waals surface area contributed by atoms with Crippen LogP contribution in [-0.2, 0) is 16.4 Å². The van der Waals surface area contributed by atoms with Crippen LogP contribution >= 0.6 is 11.6 Å². The predicted octanol–water partition coefficient (Wildman–Crippen LogP) is 2.57. The van der Waals surface area contributed by atoms with Gasteiger partial charge >= 0.3 is 0 Å². The molecule has 0 fully saturated rings. The Bertz CT molecular complexity index is 1490. The van der Waals surface area contributed by atoms with E-state index in [4.69, 9.17) is 26.8 Å². The lowest BCUT2D eigenvalue weighted by molar-refractivity contribution is 0.174. The minimum Gasteiger partial charge on any atom is -0.454 e. The van der Waals surface area contributed by atoms with Crippen LogP contribution in [0, 0.1) is 0 Å².